The number of amidine groups is 1. The van der Waals surface area contributed by atoms with Gasteiger partial charge in [0.25, 0.3) is 10.0 Å². The molecule has 0 bridgehead atoms. The van der Waals surface area contributed by atoms with E-state index in [1.807, 2.05) is 24.3 Å². The number of hydrogen-bond acceptors (Lipinski definition) is 2. The summed E-state index contributed by atoms with van der Waals surface area (Å²) in [5.41, 5.74) is 1.22. The number of anilines is 1. The molecule has 0 heterocycles. The summed E-state index contributed by atoms with van der Waals surface area (Å²) in [6, 6.07) is 24.2. The van der Waals surface area contributed by atoms with Gasteiger partial charge in [-0.25, -0.2) is 0 Å². The van der Waals surface area contributed by atoms with Crippen molar-refractivity contribution in [2.75, 3.05) is 5.32 Å². The highest BCUT2D eigenvalue weighted by atomic mass is 35.5. The van der Waals surface area contributed by atoms with E-state index in [0.717, 1.165) is 0 Å². The minimum Gasteiger partial charge on any atom is -0.338 e. The van der Waals surface area contributed by atoms with Gasteiger partial charge >= 0.3 is 0 Å². The number of halogens is 1. The minimum atomic E-state index is -3.86. The molecule has 3 rings (SSSR count). The molecule has 3 aromatic carbocycles. The van der Waals surface area contributed by atoms with E-state index < -0.39 is 10.0 Å². The van der Waals surface area contributed by atoms with Gasteiger partial charge in [0.2, 0.25) is 0 Å². The fourth-order valence-corrected chi connectivity index (χ4v) is 3.38. The maximum atomic E-state index is 12.6. The zero-order chi connectivity index (χ0) is 17.7. The molecule has 1 N–H and O–H groups in total. The summed E-state index contributed by atoms with van der Waals surface area (Å²) in [4.78, 5) is 0.129. The summed E-state index contributed by atoms with van der Waals surface area (Å²) in [5.74, 6) is 0.206. The molecule has 0 fully saturated rings. The standard InChI is InChI=1S/C19H15ClN2O2S/c20-17-13-7-8-14-18(17)21-19(15-9-3-1-4-10-15)22-25(23,24)16-11-5-2-6-12-16/h1-14H,(H,21,22). The van der Waals surface area contributed by atoms with Crippen LogP contribution >= 0.6 is 11.6 Å². The molecule has 0 saturated heterocycles. The third-order valence-corrected chi connectivity index (χ3v) is 5.05. The minimum absolute atomic E-state index is 0.129. The van der Waals surface area contributed by atoms with E-state index in [2.05, 4.69) is 9.71 Å². The Morgan fingerprint density at radius 2 is 1.36 bits per heavy atom. The van der Waals surface area contributed by atoms with Crippen LogP contribution in [0.25, 0.3) is 0 Å². The van der Waals surface area contributed by atoms with E-state index in [-0.39, 0.29) is 10.7 Å². The van der Waals surface area contributed by atoms with Gasteiger partial charge in [-0.05, 0) is 24.3 Å². The Morgan fingerprint density at radius 3 is 2.00 bits per heavy atom. The molecule has 0 aliphatic carbocycles. The lowest BCUT2D eigenvalue weighted by Gasteiger charge is -2.12. The molecule has 0 saturated carbocycles. The van der Waals surface area contributed by atoms with Gasteiger partial charge in [-0.1, -0.05) is 72.3 Å². The second-order valence-electron chi connectivity index (χ2n) is 5.20. The predicted octanol–water partition coefficient (Wildman–Crippen LogP) is 4.59. The summed E-state index contributed by atoms with van der Waals surface area (Å²) in [5, 5.41) is 3.50. The van der Waals surface area contributed by atoms with E-state index in [1.165, 1.54) is 12.1 Å². The summed E-state index contributed by atoms with van der Waals surface area (Å²) in [6.45, 7) is 0. The van der Waals surface area contributed by atoms with Crippen molar-refractivity contribution in [1.29, 1.82) is 0 Å². The van der Waals surface area contributed by atoms with E-state index in [9.17, 15) is 8.42 Å². The molecular weight excluding hydrogens is 356 g/mol. The molecule has 0 atom stereocenters. The number of nitrogens with one attached hydrogen (secondary N) is 1. The molecule has 3 aromatic rings. The van der Waals surface area contributed by atoms with Crippen LogP contribution in [-0.2, 0) is 10.0 Å². The van der Waals surface area contributed by atoms with Crippen LogP contribution < -0.4 is 5.32 Å². The van der Waals surface area contributed by atoms with Crippen molar-refractivity contribution in [2.24, 2.45) is 4.40 Å². The monoisotopic (exact) mass is 370 g/mol. The average molecular weight is 371 g/mol. The molecule has 0 radical (unpaired) electrons. The Hall–Kier alpha value is -2.63. The van der Waals surface area contributed by atoms with Crippen molar-refractivity contribution < 1.29 is 8.42 Å². The van der Waals surface area contributed by atoms with Crippen LogP contribution in [0.5, 0.6) is 0 Å². The van der Waals surface area contributed by atoms with Crippen molar-refractivity contribution in [1.82, 2.24) is 0 Å². The quantitative estimate of drug-likeness (QED) is 0.540. The van der Waals surface area contributed by atoms with Crippen molar-refractivity contribution >= 4 is 33.1 Å². The number of benzene rings is 3. The Kier molecular flexibility index (Phi) is 5.16. The van der Waals surface area contributed by atoms with Crippen molar-refractivity contribution in [3.8, 4) is 0 Å². The smallest absolute Gasteiger partial charge is 0.284 e. The first-order valence-corrected chi connectivity index (χ1v) is 9.35. The van der Waals surface area contributed by atoms with Crippen molar-refractivity contribution in [3.05, 3.63) is 95.5 Å². The topological polar surface area (TPSA) is 58.5 Å². The van der Waals surface area contributed by atoms with Crippen LogP contribution in [0, 0.1) is 0 Å². The van der Waals surface area contributed by atoms with E-state index in [0.29, 0.717) is 16.3 Å². The second-order valence-corrected chi connectivity index (χ2v) is 7.21. The third kappa shape index (κ3) is 4.26. The third-order valence-electron chi connectivity index (χ3n) is 3.43. The van der Waals surface area contributed by atoms with Crippen LogP contribution in [0.15, 0.2) is 94.2 Å². The molecule has 0 unspecified atom stereocenters. The van der Waals surface area contributed by atoms with Crippen LogP contribution in [0.1, 0.15) is 5.56 Å². The lowest BCUT2D eigenvalue weighted by atomic mass is 10.2. The molecule has 0 aliphatic heterocycles. The van der Waals surface area contributed by atoms with Crippen LogP contribution in [0.4, 0.5) is 5.69 Å². The summed E-state index contributed by atoms with van der Waals surface area (Å²) < 4.78 is 29.3. The first-order valence-electron chi connectivity index (χ1n) is 7.53. The van der Waals surface area contributed by atoms with Gasteiger partial charge < -0.3 is 5.32 Å². The van der Waals surface area contributed by atoms with Crippen molar-refractivity contribution in [3.63, 3.8) is 0 Å². The van der Waals surface area contributed by atoms with E-state index >= 15 is 0 Å². The van der Waals surface area contributed by atoms with Gasteiger partial charge in [0.05, 0.1) is 15.6 Å². The normalized spacial score (nSPS) is 12.0. The fraction of sp³-hybridized carbons (Fsp3) is 0. The van der Waals surface area contributed by atoms with Gasteiger partial charge in [0.1, 0.15) is 0 Å². The van der Waals surface area contributed by atoms with Gasteiger partial charge in [-0.2, -0.15) is 8.42 Å². The zero-order valence-corrected chi connectivity index (χ0v) is 14.7. The molecule has 4 nitrogen and oxygen atoms in total. The highest BCUT2D eigenvalue weighted by molar-refractivity contribution is 7.90. The van der Waals surface area contributed by atoms with E-state index in [1.54, 1.807) is 48.5 Å². The Morgan fingerprint density at radius 1 is 0.800 bits per heavy atom. The molecule has 0 aliphatic rings. The number of hydrogen-bond donors (Lipinski definition) is 1. The number of para-hydroxylation sites is 1. The first-order chi connectivity index (χ1) is 12.1. The van der Waals surface area contributed by atoms with Crippen molar-refractivity contribution in [2.45, 2.75) is 4.90 Å². The number of nitrogens with zero attached hydrogens (tertiary/aromatic N) is 1. The molecule has 6 heteroatoms. The van der Waals surface area contributed by atoms with Gasteiger partial charge in [-0.3, -0.25) is 0 Å². The van der Waals surface area contributed by atoms with Gasteiger partial charge in [0.15, 0.2) is 5.84 Å². The summed E-state index contributed by atoms with van der Waals surface area (Å²) in [6.07, 6.45) is 0. The SMILES string of the molecule is O=S(=O)(/N=C(/Nc1ccccc1Cl)c1ccccc1)c1ccccc1. The molecule has 0 amide bonds. The number of sulfonamides is 1. The predicted molar refractivity (Wildman–Crippen MR) is 102 cm³/mol. The average Bonchev–Trinajstić information content (AvgIpc) is 2.64. The Labute approximate surface area is 151 Å². The first kappa shape index (κ1) is 17.2. The summed E-state index contributed by atoms with van der Waals surface area (Å²) in [7, 11) is -3.86. The molecule has 25 heavy (non-hydrogen) atoms. The lowest BCUT2D eigenvalue weighted by molar-refractivity contribution is 0.598. The zero-order valence-electron chi connectivity index (χ0n) is 13.1. The molecule has 0 spiro atoms. The van der Waals surface area contributed by atoms with E-state index in [4.69, 9.17) is 11.6 Å². The maximum absolute atomic E-state index is 12.6. The fourth-order valence-electron chi connectivity index (χ4n) is 2.20. The molecule has 0 aromatic heterocycles. The second kappa shape index (κ2) is 7.51. The maximum Gasteiger partial charge on any atom is 0.284 e. The van der Waals surface area contributed by atoms with Crippen LogP contribution in [-0.4, -0.2) is 14.3 Å². The highest BCUT2D eigenvalue weighted by Gasteiger charge is 2.16. The lowest BCUT2D eigenvalue weighted by Crippen LogP contribution is -2.16. The van der Waals surface area contributed by atoms with Crippen LogP contribution in [0.3, 0.4) is 0 Å². The number of rotatable bonds is 4. The Bertz CT molecular complexity index is 988. The molecule has 126 valence electrons. The summed E-state index contributed by atoms with van der Waals surface area (Å²) >= 11 is 6.18. The van der Waals surface area contributed by atoms with Gasteiger partial charge in [0, 0.05) is 5.56 Å². The molecular formula is C19H15ClN2O2S. The Balaban J connectivity index is 2.07. The largest absolute Gasteiger partial charge is 0.338 e. The van der Waals surface area contributed by atoms with Crippen LogP contribution in [0.2, 0.25) is 5.02 Å². The highest BCUT2D eigenvalue weighted by Crippen LogP contribution is 2.22. The van der Waals surface area contributed by atoms with Gasteiger partial charge in [-0.15, -0.1) is 4.40 Å².